The smallest absolute Gasteiger partial charge is 0.226 e. The molecule has 1 heterocycles. The van der Waals surface area contributed by atoms with E-state index >= 15 is 0 Å². The van der Waals surface area contributed by atoms with Gasteiger partial charge in [-0.05, 0) is 31.4 Å². The summed E-state index contributed by atoms with van der Waals surface area (Å²) in [4.78, 5) is 4.57. The molecule has 0 unspecified atom stereocenters. The van der Waals surface area contributed by atoms with E-state index in [2.05, 4.69) is 27.6 Å². The minimum atomic E-state index is 0.527. The zero-order valence-corrected chi connectivity index (χ0v) is 12.4. The van der Waals surface area contributed by atoms with Crippen LogP contribution in [0.3, 0.4) is 0 Å². The van der Waals surface area contributed by atoms with Gasteiger partial charge >= 0.3 is 0 Å². The number of para-hydroxylation sites is 1. The summed E-state index contributed by atoms with van der Waals surface area (Å²) < 4.78 is 5.38. The molecule has 0 atom stereocenters. The maximum Gasteiger partial charge on any atom is 0.226 e. The van der Waals surface area contributed by atoms with E-state index in [-0.39, 0.29) is 0 Å². The number of aryl methyl sites for hydroxylation is 1. The van der Waals surface area contributed by atoms with Gasteiger partial charge in [0.15, 0.2) is 5.82 Å². The zero-order valence-electron chi connectivity index (χ0n) is 12.4. The van der Waals surface area contributed by atoms with E-state index in [1.54, 1.807) is 0 Å². The van der Waals surface area contributed by atoms with Crippen LogP contribution in [0.2, 0.25) is 0 Å². The highest BCUT2D eigenvalue weighted by molar-refractivity contribution is 5.42. The van der Waals surface area contributed by atoms with Crippen molar-refractivity contribution in [2.75, 3.05) is 11.9 Å². The average Bonchev–Trinajstić information content (AvgIpc) is 3.02. The fourth-order valence-corrected chi connectivity index (χ4v) is 2.92. The Kier molecular flexibility index (Phi) is 4.87. The molecule has 1 aromatic heterocycles. The molecular formula is C17H23N3O. The van der Waals surface area contributed by atoms with Crippen molar-refractivity contribution < 1.29 is 4.52 Å². The second kappa shape index (κ2) is 7.25. The molecule has 2 aromatic rings. The SMILES string of the molecule is c1ccc(NCCCc2nc(C3CCCCC3)no2)cc1. The predicted octanol–water partition coefficient (Wildman–Crippen LogP) is 4.16. The Morgan fingerprint density at radius 1 is 1.10 bits per heavy atom. The van der Waals surface area contributed by atoms with Gasteiger partial charge in [-0.25, -0.2) is 0 Å². The molecule has 4 nitrogen and oxygen atoms in total. The van der Waals surface area contributed by atoms with Gasteiger partial charge in [-0.2, -0.15) is 4.98 Å². The molecule has 1 aliphatic rings. The van der Waals surface area contributed by atoms with E-state index in [1.807, 2.05) is 18.2 Å². The molecule has 0 bridgehead atoms. The van der Waals surface area contributed by atoms with E-state index < -0.39 is 0 Å². The molecule has 1 aliphatic carbocycles. The number of benzene rings is 1. The van der Waals surface area contributed by atoms with Crippen molar-refractivity contribution in [1.82, 2.24) is 10.1 Å². The van der Waals surface area contributed by atoms with Gasteiger partial charge in [0.2, 0.25) is 5.89 Å². The number of nitrogens with zero attached hydrogens (tertiary/aromatic N) is 2. The summed E-state index contributed by atoms with van der Waals surface area (Å²) in [6.45, 7) is 0.922. The first-order valence-corrected chi connectivity index (χ1v) is 8.03. The zero-order chi connectivity index (χ0) is 14.3. The molecule has 1 saturated carbocycles. The first-order chi connectivity index (χ1) is 10.4. The Labute approximate surface area is 126 Å². The largest absolute Gasteiger partial charge is 0.385 e. The van der Waals surface area contributed by atoms with Gasteiger partial charge in [0.05, 0.1) is 0 Å². The van der Waals surface area contributed by atoms with E-state index in [9.17, 15) is 0 Å². The summed E-state index contributed by atoms with van der Waals surface area (Å²) in [6.07, 6.45) is 8.24. The van der Waals surface area contributed by atoms with Crippen molar-refractivity contribution in [1.29, 1.82) is 0 Å². The van der Waals surface area contributed by atoms with E-state index in [1.165, 1.54) is 32.1 Å². The Bertz CT molecular complexity index is 532. The monoisotopic (exact) mass is 285 g/mol. The lowest BCUT2D eigenvalue weighted by Gasteiger charge is -2.17. The van der Waals surface area contributed by atoms with Gasteiger partial charge in [0.1, 0.15) is 0 Å². The van der Waals surface area contributed by atoms with Crippen LogP contribution < -0.4 is 5.32 Å². The summed E-state index contributed by atoms with van der Waals surface area (Å²) >= 11 is 0. The highest BCUT2D eigenvalue weighted by Crippen LogP contribution is 2.30. The molecule has 3 rings (SSSR count). The van der Waals surface area contributed by atoms with Gasteiger partial charge in [-0.15, -0.1) is 0 Å². The van der Waals surface area contributed by atoms with Crippen LogP contribution in [-0.2, 0) is 6.42 Å². The minimum absolute atomic E-state index is 0.527. The summed E-state index contributed by atoms with van der Waals surface area (Å²) in [6, 6.07) is 10.3. The van der Waals surface area contributed by atoms with Gasteiger partial charge in [-0.1, -0.05) is 42.6 Å². The molecule has 21 heavy (non-hydrogen) atoms. The van der Waals surface area contributed by atoms with Crippen LogP contribution in [0, 0.1) is 0 Å². The fraction of sp³-hybridized carbons (Fsp3) is 0.529. The lowest BCUT2D eigenvalue weighted by Crippen LogP contribution is -2.06. The van der Waals surface area contributed by atoms with Crippen LogP contribution in [0.25, 0.3) is 0 Å². The van der Waals surface area contributed by atoms with Crippen LogP contribution >= 0.6 is 0 Å². The Morgan fingerprint density at radius 3 is 2.71 bits per heavy atom. The summed E-state index contributed by atoms with van der Waals surface area (Å²) in [5.74, 6) is 2.24. The Hall–Kier alpha value is -1.84. The first kappa shape index (κ1) is 14.1. The number of aromatic nitrogens is 2. The van der Waals surface area contributed by atoms with Gasteiger partial charge in [0.25, 0.3) is 0 Å². The third kappa shape index (κ3) is 4.06. The van der Waals surface area contributed by atoms with Crippen molar-refractivity contribution in [2.24, 2.45) is 0 Å². The van der Waals surface area contributed by atoms with Crippen molar-refractivity contribution in [3.8, 4) is 0 Å². The Morgan fingerprint density at radius 2 is 1.90 bits per heavy atom. The molecule has 0 spiro atoms. The third-order valence-corrected chi connectivity index (χ3v) is 4.12. The number of nitrogens with one attached hydrogen (secondary N) is 1. The molecule has 0 radical (unpaired) electrons. The summed E-state index contributed by atoms with van der Waals surface area (Å²) in [5, 5.41) is 7.57. The van der Waals surface area contributed by atoms with Crippen molar-refractivity contribution in [3.05, 3.63) is 42.0 Å². The van der Waals surface area contributed by atoms with Gasteiger partial charge in [-0.3, -0.25) is 0 Å². The van der Waals surface area contributed by atoms with Crippen molar-refractivity contribution in [2.45, 2.75) is 50.9 Å². The second-order valence-corrected chi connectivity index (χ2v) is 5.78. The average molecular weight is 285 g/mol. The molecule has 0 aliphatic heterocycles. The first-order valence-electron chi connectivity index (χ1n) is 8.03. The van der Waals surface area contributed by atoms with Crippen LogP contribution in [0.4, 0.5) is 5.69 Å². The maximum absolute atomic E-state index is 5.38. The quantitative estimate of drug-likeness (QED) is 0.810. The van der Waals surface area contributed by atoms with Crippen LogP contribution in [-0.4, -0.2) is 16.7 Å². The lowest BCUT2D eigenvalue weighted by atomic mass is 9.89. The number of rotatable bonds is 6. The number of hydrogen-bond donors (Lipinski definition) is 1. The minimum Gasteiger partial charge on any atom is -0.385 e. The highest BCUT2D eigenvalue weighted by atomic mass is 16.5. The van der Waals surface area contributed by atoms with E-state index in [4.69, 9.17) is 4.52 Å². The standard InChI is InChI=1S/C17H23N3O/c1-3-8-14(9-4-1)17-19-16(21-20-17)12-7-13-18-15-10-5-2-6-11-15/h2,5-6,10-11,14,18H,1,3-4,7-9,12-13H2. The van der Waals surface area contributed by atoms with E-state index in [0.717, 1.165) is 36.8 Å². The summed E-state index contributed by atoms with van der Waals surface area (Å²) in [5.41, 5.74) is 1.16. The van der Waals surface area contributed by atoms with Gasteiger partial charge < -0.3 is 9.84 Å². The molecular weight excluding hydrogens is 262 g/mol. The predicted molar refractivity (Wildman–Crippen MR) is 83.4 cm³/mol. The van der Waals surface area contributed by atoms with Crippen LogP contribution in [0.1, 0.15) is 56.2 Å². The molecule has 4 heteroatoms. The number of anilines is 1. The molecule has 1 N–H and O–H groups in total. The number of hydrogen-bond acceptors (Lipinski definition) is 4. The molecule has 0 amide bonds. The lowest BCUT2D eigenvalue weighted by molar-refractivity contribution is 0.356. The fourth-order valence-electron chi connectivity index (χ4n) is 2.92. The van der Waals surface area contributed by atoms with Crippen LogP contribution in [0.15, 0.2) is 34.9 Å². The third-order valence-electron chi connectivity index (χ3n) is 4.12. The molecule has 1 aromatic carbocycles. The van der Waals surface area contributed by atoms with Crippen molar-refractivity contribution >= 4 is 5.69 Å². The Balaban J connectivity index is 1.42. The summed E-state index contributed by atoms with van der Waals surface area (Å²) in [7, 11) is 0. The van der Waals surface area contributed by atoms with Crippen LogP contribution in [0.5, 0.6) is 0 Å². The molecule has 1 fully saturated rings. The second-order valence-electron chi connectivity index (χ2n) is 5.78. The maximum atomic E-state index is 5.38. The van der Waals surface area contributed by atoms with Crippen molar-refractivity contribution in [3.63, 3.8) is 0 Å². The topological polar surface area (TPSA) is 51.0 Å². The van der Waals surface area contributed by atoms with Gasteiger partial charge in [0, 0.05) is 24.6 Å². The molecule has 112 valence electrons. The molecule has 0 saturated heterocycles. The highest BCUT2D eigenvalue weighted by Gasteiger charge is 2.20. The van der Waals surface area contributed by atoms with E-state index in [0.29, 0.717) is 5.92 Å². The normalized spacial score (nSPS) is 16.0.